The van der Waals surface area contributed by atoms with Crippen LogP contribution in [-0.2, 0) is 5.41 Å². The fourth-order valence-corrected chi connectivity index (χ4v) is 2.96. The van der Waals surface area contributed by atoms with Crippen molar-refractivity contribution >= 4 is 11.6 Å². The van der Waals surface area contributed by atoms with Gasteiger partial charge in [-0.3, -0.25) is 0 Å². The summed E-state index contributed by atoms with van der Waals surface area (Å²) in [6.45, 7) is 1.05. The van der Waals surface area contributed by atoms with Gasteiger partial charge in [0.05, 0.1) is 0 Å². The lowest BCUT2D eigenvalue weighted by atomic mass is 9.68. The van der Waals surface area contributed by atoms with E-state index in [-0.39, 0.29) is 12.8 Å². The van der Waals surface area contributed by atoms with Crippen LogP contribution in [0.5, 0.6) is 0 Å². The monoisotopic (exact) mass is 307 g/mol. The summed E-state index contributed by atoms with van der Waals surface area (Å²) in [6.07, 6.45) is -6.45. The van der Waals surface area contributed by atoms with E-state index in [2.05, 4.69) is 0 Å². The van der Waals surface area contributed by atoms with Gasteiger partial charge in [0.1, 0.15) is 0 Å². The van der Waals surface area contributed by atoms with Crippen molar-refractivity contribution in [3.63, 3.8) is 0 Å². The zero-order chi connectivity index (χ0) is 15.0. The lowest BCUT2D eigenvalue weighted by Gasteiger charge is -2.44. The normalized spacial score (nSPS) is 21.7. The standard InChI is InChI=1S/C14H17ClF3NO/c1-19-8-6-13(7-9-19,12(20)14(16,17)18)10-2-4-11(15)5-3-10/h2-5,12,20H,6-9H2,1H3. The van der Waals surface area contributed by atoms with Crippen molar-refractivity contribution in [3.05, 3.63) is 34.9 Å². The number of likely N-dealkylation sites (tertiary alicyclic amines) is 1. The SMILES string of the molecule is CN1CCC(c2ccc(Cl)cc2)(C(O)C(F)(F)F)CC1. The first-order valence-corrected chi connectivity index (χ1v) is 6.83. The maximum Gasteiger partial charge on any atom is 0.415 e. The fourth-order valence-electron chi connectivity index (χ4n) is 2.83. The third-order valence-corrected chi connectivity index (χ3v) is 4.38. The molecule has 1 heterocycles. The van der Waals surface area contributed by atoms with Crippen molar-refractivity contribution in [2.75, 3.05) is 20.1 Å². The highest BCUT2D eigenvalue weighted by Gasteiger charge is 2.54. The fraction of sp³-hybridized carbons (Fsp3) is 0.571. The molecule has 0 spiro atoms. The molecule has 20 heavy (non-hydrogen) atoms. The molecule has 1 aromatic carbocycles. The molecule has 0 radical (unpaired) electrons. The summed E-state index contributed by atoms with van der Waals surface area (Å²) < 4.78 is 39.2. The number of rotatable bonds is 2. The highest BCUT2D eigenvalue weighted by atomic mass is 35.5. The smallest absolute Gasteiger partial charge is 0.383 e. The second-order valence-corrected chi connectivity index (χ2v) is 5.85. The first kappa shape index (κ1) is 15.6. The molecule has 1 atom stereocenters. The van der Waals surface area contributed by atoms with E-state index in [1.807, 2.05) is 11.9 Å². The van der Waals surface area contributed by atoms with Crippen molar-refractivity contribution in [2.45, 2.75) is 30.5 Å². The number of aliphatic hydroxyl groups excluding tert-OH is 1. The summed E-state index contributed by atoms with van der Waals surface area (Å²) in [6, 6.07) is 6.31. The van der Waals surface area contributed by atoms with Crippen LogP contribution in [0.4, 0.5) is 13.2 Å². The van der Waals surface area contributed by atoms with Crippen molar-refractivity contribution in [2.24, 2.45) is 0 Å². The van der Waals surface area contributed by atoms with Gasteiger partial charge < -0.3 is 10.0 Å². The number of aliphatic hydroxyl groups is 1. The van der Waals surface area contributed by atoms with E-state index in [0.717, 1.165) is 0 Å². The van der Waals surface area contributed by atoms with E-state index in [1.165, 1.54) is 0 Å². The van der Waals surface area contributed by atoms with Crippen LogP contribution < -0.4 is 0 Å². The lowest BCUT2D eigenvalue weighted by molar-refractivity contribution is -0.230. The molecule has 112 valence electrons. The molecule has 2 rings (SSSR count). The molecule has 0 amide bonds. The molecule has 0 aliphatic carbocycles. The average molecular weight is 308 g/mol. The maximum absolute atomic E-state index is 13.1. The van der Waals surface area contributed by atoms with Crippen LogP contribution in [0.1, 0.15) is 18.4 Å². The Kier molecular flexibility index (Phi) is 4.33. The van der Waals surface area contributed by atoms with Gasteiger partial charge in [-0.2, -0.15) is 13.2 Å². The van der Waals surface area contributed by atoms with Gasteiger partial charge in [-0.05, 0) is 50.7 Å². The Morgan fingerprint density at radius 1 is 1.20 bits per heavy atom. The highest BCUT2D eigenvalue weighted by Crippen LogP contribution is 2.44. The zero-order valence-corrected chi connectivity index (χ0v) is 11.9. The van der Waals surface area contributed by atoms with Gasteiger partial charge in [-0.15, -0.1) is 0 Å². The molecule has 1 aromatic rings. The molecule has 6 heteroatoms. The summed E-state index contributed by atoms with van der Waals surface area (Å²) >= 11 is 5.80. The molecule has 0 bridgehead atoms. The van der Waals surface area contributed by atoms with Crippen molar-refractivity contribution < 1.29 is 18.3 Å². The van der Waals surface area contributed by atoms with Gasteiger partial charge in [0.15, 0.2) is 6.10 Å². The molecule has 0 saturated carbocycles. The van der Waals surface area contributed by atoms with Crippen LogP contribution in [0.3, 0.4) is 0 Å². The maximum atomic E-state index is 13.1. The van der Waals surface area contributed by atoms with E-state index >= 15 is 0 Å². The summed E-state index contributed by atoms with van der Waals surface area (Å²) in [4.78, 5) is 1.97. The van der Waals surface area contributed by atoms with E-state index < -0.39 is 17.7 Å². The summed E-state index contributed by atoms with van der Waals surface area (Å²) in [7, 11) is 1.87. The number of nitrogens with zero attached hydrogens (tertiary/aromatic N) is 1. The van der Waals surface area contributed by atoms with Crippen LogP contribution >= 0.6 is 11.6 Å². The molecular weight excluding hydrogens is 291 g/mol. The molecule has 0 aromatic heterocycles. The van der Waals surface area contributed by atoms with E-state index in [1.54, 1.807) is 24.3 Å². The zero-order valence-electron chi connectivity index (χ0n) is 11.1. The van der Waals surface area contributed by atoms with Crippen molar-refractivity contribution in [1.29, 1.82) is 0 Å². The van der Waals surface area contributed by atoms with E-state index in [9.17, 15) is 18.3 Å². The van der Waals surface area contributed by atoms with Gasteiger partial charge in [-0.25, -0.2) is 0 Å². The first-order chi connectivity index (χ1) is 9.25. The summed E-state index contributed by atoms with van der Waals surface area (Å²) in [5, 5.41) is 10.4. The third-order valence-electron chi connectivity index (χ3n) is 4.13. The second-order valence-electron chi connectivity index (χ2n) is 5.41. The molecule has 1 N–H and O–H groups in total. The van der Waals surface area contributed by atoms with Gasteiger partial charge in [0.2, 0.25) is 0 Å². The largest absolute Gasteiger partial charge is 0.415 e. The predicted octanol–water partition coefficient (Wildman–Crippen LogP) is 3.23. The Morgan fingerprint density at radius 3 is 2.15 bits per heavy atom. The summed E-state index contributed by atoms with van der Waals surface area (Å²) in [5.74, 6) is 0. The quantitative estimate of drug-likeness (QED) is 0.907. The lowest BCUT2D eigenvalue weighted by Crippen LogP contribution is -2.53. The van der Waals surface area contributed by atoms with Gasteiger partial charge >= 0.3 is 6.18 Å². The Bertz CT molecular complexity index is 452. The van der Waals surface area contributed by atoms with E-state index in [0.29, 0.717) is 23.7 Å². The number of alkyl halides is 3. The van der Waals surface area contributed by atoms with Crippen LogP contribution in [-0.4, -0.2) is 42.4 Å². The van der Waals surface area contributed by atoms with E-state index in [4.69, 9.17) is 11.6 Å². The molecular formula is C14H17ClF3NO. The third kappa shape index (κ3) is 2.95. The number of halogens is 4. The number of hydrogen-bond acceptors (Lipinski definition) is 2. The number of benzene rings is 1. The van der Waals surface area contributed by atoms with Crippen molar-refractivity contribution in [1.82, 2.24) is 4.90 Å². The topological polar surface area (TPSA) is 23.5 Å². The van der Waals surface area contributed by atoms with Crippen LogP contribution in [0.15, 0.2) is 24.3 Å². The summed E-state index contributed by atoms with van der Waals surface area (Å²) in [5.41, 5.74) is -0.783. The van der Waals surface area contributed by atoms with Crippen molar-refractivity contribution in [3.8, 4) is 0 Å². The van der Waals surface area contributed by atoms with Gasteiger partial charge in [-0.1, -0.05) is 23.7 Å². The number of hydrogen-bond donors (Lipinski definition) is 1. The minimum atomic E-state index is -4.63. The van der Waals surface area contributed by atoms with Crippen LogP contribution in [0.2, 0.25) is 5.02 Å². The highest BCUT2D eigenvalue weighted by molar-refractivity contribution is 6.30. The number of piperidine rings is 1. The Hall–Kier alpha value is -0.780. The Morgan fingerprint density at radius 2 is 1.70 bits per heavy atom. The second kappa shape index (κ2) is 5.54. The van der Waals surface area contributed by atoms with Crippen LogP contribution in [0.25, 0.3) is 0 Å². The molecule has 2 nitrogen and oxygen atoms in total. The first-order valence-electron chi connectivity index (χ1n) is 6.45. The minimum Gasteiger partial charge on any atom is -0.383 e. The average Bonchev–Trinajstić information content (AvgIpc) is 2.39. The minimum absolute atomic E-state index is 0.270. The molecule has 1 aliphatic heterocycles. The predicted molar refractivity (Wildman–Crippen MR) is 71.9 cm³/mol. The molecule has 1 unspecified atom stereocenters. The van der Waals surface area contributed by atoms with Gasteiger partial charge in [0, 0.05) is 10.4 Å². The Balaban J connectivity index is 2.41. The van der Waals surface area contributed by atoms with Gasteiger partial charge in [0.25, 0.3) is 0 Å². The van der Waals surface area contributed by atoms with Crippen LogP contribution in [0, 0.1) is 0 Å². The molecule has 1 aliphatic rings. The molecule has 1 saturated heterocycles. The molecule has 1 fully saturated rings. The Labute approximate surface area is 121 Å².